The van der Waals surface area contributed by atoms with Gasteiger partial charge in [-0.3, -0.25) is 48.3 Å². The van der Waals surface area contributed by atoms with Gasteiger partial charge in [0.15, 0.2) is 0 Å². The number of rotatable bonds is 6. The van der Waals surface area contributed by atoms with E-state index in [2.05, 4.69) is 41.2 Å². The minimum Gasteiger partial charge on any atom is -0.461 e. The molecule has 436 valence electrons. The lowest BCUT2D eigenvalue weighted by Gasteiger charge is -2.39. The molecule has 8 rings (SSSR count). The van der Waals surface area contributed by atoms with Gasteiger partial charge < -0.3 is 50.3 Å². The van der Waals surface area contributed by atoms with Gasteiger partial charge in [0.25, 0.3) is 11.8 Å². The van der Waals surface area contributed by atoms with Gasteiger partial charge in [-0.1, -0.05) is 74.9 Å². The summed E-state index contributed by atoms with van der Waals surface area (Å²) in [6, 6.07) is 2.42. The van der Waals surface area contributed by atoms with Gasteiger partial charge in [-0.15, -0.1) is 0 Å². The van der Waals surface area contributed by atoms with Crippen LogP contribution in [0.15, 0.2) is 73.1 Å². The third-order valence-electron chi connectivity index (χ3n) is 16.1. The third kappa shape index (κ3) is 13.8. The fourth-order valence-corrected chi connectivity index (χ4v) is 11.4. The highest BCUT2D eigenvalue weighted by Crippen LogP contribution is 2.32. The molecule has 82 heavy (non-hydrogen) atoms. The third-order valence-corrected chi connectivity index (χ3v) is 16.1. The number of carbonyl (C=O) groups is 10. The molecule has 2 aromatic heterocycles. The topological polar surface area (TPSA) is 302 Å². The van der Waals surface area contributed by atoms with Gasteiger partial charge in [0.05, 0.1) is 34.5 Å². The Hall–Kier alpha value is -8.44. The first-order chi connectivity index (χ1) is 39.3. The van der Waals surface area contributed by atoms with E-state index in [0.717, 1.165) is 48.3 Å². The normalized spacial score (nSPS) is 26.6. The van der Waals surface area contributed by atoms with Crippen LogP contribution in [0.2, 0.25) is 0 Å². The highest BCUT2D eigenvalue weighted by atomic mass is 16.5. The summed E-state index contributed by atoms with van der Waals surface area (Å²) in [5.74, 6) is -9.15. The van der Waals surface area contributed by atoms with Gasteiger partial charge in [0.1, 0.15) is 72.9 Å². The van der Waals surface area contributed by atoms with Crippen LogP contribution in [0.1, 0.15) is 112 Å². The predicted molar refractivity (Wildman–Crippen MR) is 296 cm³/mol. The zero-order chi connectivity index (χ0) is 58.8. The summed E-state index contributed by atoms with van der Waals surface area (Å²) in [6.07, 6.45) is 12.1. The number of carbonyl (C=O) groups excluding carboxylic acids is 10. The van der Waals surface area contributed by atoms with E-state index in [1.54, 1.807) is 60.7 Å². The smallest absolute Gasteiger partial charge is 0.329 e. The number of hydrogen-bond donors (Lipinski definition) is 4. The van der Waals surface area contributed by atoms with Gasteiger partial charge in [-0.2, -0.15) is 0 Å². The minimum absolute atomic E-state index is 0.163. The second-order valence-electron chi connectivity index (χ2n) is 21.7. The Morgan fingerprint density at radius 3 is 1.22 bits per heavy atom. The molecule has 8 atom stereocenters. The number of likely N-dealkylation sites (N-methyl/N-ethyl adjacent to an activating group) is 4. The van der Waals surface area contributed by atoms with Crippen LogP contribution in [0.3, 0.4) is 0 Å². The van der Waals surface area contributed by atoms with Crippen molar-refractivity contribution in [1.29, 1.82) is 0 Å². The largest absolute Gasteiger partial charge is 0.461 e. The number of hydrogen-bond acceptors (Lipinski definition) is 16. The molecule has 2 bridgehead atoms. The maximum atomic E-state index is 15.2. The van der Waals surface area contributed by atoms with E-state index < -0.39 is 133 Å². The number of fused-ring (bicyclic) bond motifs is 6. The number of amides is 8. The van der Waals surface area contributed by atoms with Crippen molar-refractivity contribution in [3.05, 3.63) is 84.5 Å². The number of ether oxygens (including phenoxy) is 2. The Labute approximate surface area is 474 Å². The van der Waals surface area contributed by atoms with Crippen molar-refractivity contribution in [2.75, 3.05) is 41.4 Å². The molecule has 24 heteroatoms. The lowest BCUT2D eigenvalue weighted by atomic mass is 9.83. The van der Waals surface area contributed by atoms with Crippen LogP contribution in [-0.4, -0.2) is 188 Å². The Morgan fingerprint density at radius 2 is 0.854 bits per heavy atom. The molecule has 2 aliphatic heterocycles. The minimum atomic E-state index is -1.64. The molecule has 4 aromatic rings. The molecule has 0 radical (unpaired) electrons. The van der Waals surface area contributed by atoms with Crippen LogP contribution in [0.25, 0.3) is 22.1 Å². The van der Waals surface area contributed by atoms with Crippen LogP contribution >= 0.6 is 0 Å². The maximum absolute atomic E-state index is 15.2. The summed E-state index contributed by atoms with van der Waals surface area (Å²) in [7, 11) is 5.57. The summed E-state index contributed by atoms with van der Waals surface area (Å²) in [6.45, 7) is 1.25. The SMILES string of the molecule is CC1NC(=O)C(NC(=O)c2cnc3ccccc3n2)COC(=O)C(C2CCCCC2)N(C)C(=O)[C@@H]2C/C=C\C[C@@H](C(=O)N(C)C(C3CCCCC3)C(=O)OCC(NC(=O)c3cnc4ccccc4n3)C(=O)NC(C)C(=O)N2C)N(C)C1=O. The maximum Gasteiger partial charge on any atom is 0.329 e. The molecule has 24 nitrogen and oxygen atoms in total. The molecule has 2 aliphatic carbocycles. The molecule has 2 aromatic carbocycles. The summed E-state index contributed by atoms with van der Waals surface area (Å²) in [5, 5.41) is 10.4. The van der Waals surface area contributed by atoms with Crippen molar-refractivity contribution < 1.29 is 57.4 Å². The number of para-hydroxylation sites is 4. The molecular formula is C58H72N12O12. The second-order valence-corrected chi connectivity index (χ2v) is 21.7. The van der Waals surface area contributed by atoms with E-state index in [0.29, 0.717) is 47.8 Å². The molecule has 4 heterocycles. The predicted octanol–water partition coefficient (Wildman–Crippen LogP) is 2.40. The average Bonchev–Trinajstić information content (AvgIpc) is 3.62. The monoisotopic (exact) mass is 1130 g/mol. The van der Waals surface area contributed by atoms with Crippen molar-refractivity contribution in [2.45, 2.75) is 139 Å². The average molecular weight is 1130 g/mol. The van der Waals surface area contributed by atoms with Gasteiger partial charge in [0, 0.05) is 28.2 Å². The highest BCUT2D eigenvalue weighted by Gasteiger charge is 2.44. The standard InChI is InChI=1S/C58H72N12O12/c1-33-53(75)67(3)45-27-17-18-28-46(56(78)70(6)48(36-21-11-8-12-22-36)57(79)81-31-43(51(73)61-33)65-49(71)41-29-59-37-23-13-15-25-39(37)63-41)68(4)54(76)34(2)62-52(74)44(66-50(72)42-30-60-38-24-14-16-26-40(38)64-42)32-82-58(80)47(69(5)55(45)77)35-19-9-7-10-20-35/h13-18,23-26,29-30,33-36,43-48H,7-12,19-22,27-28,31-32H2,1-6H3,(H,61,73)(H,62,74)(H,65,71)(H,66,72)/b18-17-/t33?,34?,43?,44?,45-,46-,47?,48?/m0/s1. The number of benzene rings is 2. The van der Waals surface area contributed by atoms with E-state index >= 15 is 9.59 Å². The summed E-state index contributed by atoms with van der Waals surface area (Å²) >= 11 is 0. The van der Waals surface area contributed by atoms with E-state index in [9.17, 15) is 38.4 Å². The molecule has 0 saturated heterocycles. The Morgan fingerprint density at radius 1 is 0.500 bits per heavy atom. The van der Waals surface area contributed by atoms with Crippen LogP contribution < -0.4 is 21.3 Å². The Balaban J connectivity index is 1.19. The van der Waals surface area contributed by atoms with Crippen molar-refractivity contribution in [2.24, 2.45) is 11.8 Å². The number of nitrogens with zero attached hydrogens (tertiary/aromatic N) is 8. The molecule has 2 fully saturated rings. The summed E-state index contributed by atoms with van der Waals surface area (Å²) < 4.78 is 11.9. The van der Waals surface area contributed by atoms with Crippen molar-refractivity contribution >= 4 is 81.3 Å². The number of cyclic esters (lactones) is 2. The number of aromatic nitrogens is 4. The van der Waals surface area contributed by atoms with Crippen LogP contribution in [0.4, 0.5) is 0 Å². The fraction of sp³-hybridized carbons (Fsp3) is 0.517. The zero-order valence-corrected chi connectivity index (χ0v) is 47.1. The van der Waals surface area contributed by atoms with E-state index in [1.165, 1.54) is 64.2 Å². The number of esters is 2. The van der Waals surface area contributed by atoms with E-state index in [1.807, 2.05) is 0 Å². The molecule has 0 spiro atoms. The lowest BCUT2D eigenvalue weighted by Crippen LogP contribution is -2.60. The Bertz CT molecular complexity index is 2910. The van der Waals surface area contributed by atoms with Crippen molar-refractivity contribution in [3.8, 4) is 0 Å². The summed E-state index contributed by atoms with van der Waals surface area (Å²) in [4.78, 5) is 168. The molecule has 4 N–H and O–H groups in total. The van der Waals surface area contributed by atoms with Crippen LogP contribution in [0, 0.1) is 11.8 Å². The molecular weight excluding hydrogens is 1060 g/mol. The summed E-state index contributed by atoms with van der Waals surface area (Å²) in [5.41, 5.74) is 1.47. The van der Waals surface area contributed by atoms with Crippen molar-refractivity contribution in [3.63, 3.8) is 0 Å². The van der Waals surface area contributed by atoms with E-state index in [-0.39, 0.29) is 24.2 Å². The first-order valence-corrected chi connectivity index (χ1v) is 28.0. The molecule has 2 saturated carbocycles. The van der Waals surface area contributed by atoms with E-state index in [4.69, 9.17) is 9.47 Å². The molecule has 8 amide bonds. The van der Waals surface area contributed by atoms with Crippen LogP contribution in [-0.2, 0) is 47.8 Å². The van der Waals surface area contributed by atoms with Gasteiger partial charge in [-0.05, 0) is 88.5 Å². The highest BCUT2D eigenvalue weighted by molar-refractivity contribution is 6.01. The molecule has 4 aliphatic rings. The number of nitrogens with one attached hydrogen (secondary N) is 4. The molecule has 6 unspecified atom stereocenters. The lowest BCUT2D eigenvalue weighted by molar-refractivity contribution is -0.161. The first kappa shape index (κ1) is 59.7. The second kappa shape index (κ2) is 26.9. The fourth-order valence-electron chi connectivity index (χ4n) is 11.4. The first-order valence-electron chi connectivity index (χ1n) is 28.0. The van der Waals surface area contributed by atoms with Gasteiger partial charge >= 0.3 is 11.9 Å². The van der Waals surface area contributed by atoms with Gasteiger partial charge in [0.2, 0.25) is 35.4 Å². The van der Waals surface area contributed by atoms with Gasteiger partial charge in [-0.25, -0.2) is 19.6 Å². The zero-order valence-electron chi connectivity index (χ0n) is 47.1. The van der Waals surface area contributed by atoms with Crippen molar-refractivity contribution in [1.82, 2.24) is 60.8 Å². The Kier molecular flexibility index (Phi) is 19.6. The quantitative estimate of drug-likeness (QED) is 0.159. The van der Waals surface area contributed by atoms with Crippen LogP contribution in [0.5, 0.6) is 0 Å².